The Morgan fingerprint density at radius 1 is 1.00 bits per heavy atom. The molecule has 1 N–H and O–H groups in total. The summed E-state index contributed by atoms with van der Waals surface area (Å²) in [7, 11) is 0. The molecule has 6 heteroatoms. The van der Waals surface area contributed by atoms with E-state index in [-0.39, 0.29) is 18.4 Å². The molecule has 1 aromatic heterocycles. The molecule has 4 aromatic rings. The second-order valence-corrected chi connectivity index (χ2v) is 9.21. The molecule has 3 aromatic carbocycles. The van der Waals surface area contributed by atoms with Gasteiger partial charge in [0.05, 0.1) is 30.0 Å². The number of amides is 1. The number of fused-ring (bicyclic) bond motifs is 1. The van der Waals surface area contributed by atoms with E-state index in [0.29, 0.717) is 24.1 Å². The molecule has 0 radical (unpaired) electrons. The van der Waals surface area contributed by atoms with E-state index < -0.39 is 0 Å². The standard InChI is InChI=1S/C28H30ClN3O2/c1-19(2)22-10-14-24(15-11-22)34-17-16-32-26-7-5-4-6-25(26)31-28(32)20(3)30-27(33)18-21-8-12-23(29)13-9-21/h4-15,19-20H,16-18H2,1-3H3,(H,30,33). The molecule has 0 spiro atoms. The zero-order chi connectivity index (χ0) is 24.1. The number of hydrogen-bond acceptors (Lipinski definition) is 3. The number of ether oxygens (including phenoxy) is 1. The molecule has 176 valence electrons. The molecular formula is C28H30ClN3O2. The molecule has 1 atom stereocenters. The zero-order valence-electron chi connectivity index (χ0n) is 19.8. The Hall–Kier alpha value is -3.31. The van der Waals surface area contributed by atoms with Crippen molar-refractivity contribution in [3.05, 3.63) is 94.8 Å². The summed E-state index contributed by atoms with van der Waals surface area (Å²) in [5.41, 5.74) is 4.13. The Labute approximate surface area is 205 Å². The van der Waals surface area contributed by atoms with E-state index in [1.54, 1.807) is 12.1 Å². The molecular weight excluding hydrogens is 446 g/mol. The van der Waals surface area contributed by atoms with Gasteiger partial charge in [-0.3, -0.25) is 4.79 Å². The SMILES string of the molecule is CC(C)c1ccc(OCCn2c(C(C)NC(=O)Cc3ccc(Cl)cc3)nc3ccccc32)cc1. The molecule has 4 rings (SSSR count). The number of rotatable bonds is 9. The molecule has 0 fully saturated rings. The lowest BCUT2D eigenvalue weighted by atomic mass is 10.0. The largest absolute Gasteiger partial charge is 0.492 e. The van der Waals surface area contributed by atoms with Gasteiger partial charge in [0, 0.05) is 5.02 Å². The minimum absolute atomic E-state index is 0.0603. The highest BCUT2D eigenvalue weighted by Crippen LogP contribution is 2.22. The highest BCUT2D eigenvalue weighted by Gasteiger charge is 2.18. The fourth-order valence-corrected chi connectivity index (χ4v) is 4.13. The first-order chi connectivity index (χ1) is 16.4. The fraction of sp³-hybridized carbons (Fsp3) is 0.286. The Balaban J connectivity index is 1.45. The summed E-state index contributed by atoms with van der Waals surface area (Å²) < 4.78 is 8.15. The van der Waals surface area contributed by atoms with Gasteiger partial charge < -0.3 is 14.6 Å². The quantitative estimate of drug-likeness (QED) is 0.308. The zero-order valence-corrected chi connectivity index (χ0v) is 20.5. The first kappa shape index (κ1) is 23.8. The number of nitrogens with zero attached hydrogens (tertiary/aromatic N) is 2. The number of halogens is 1. The van der Waals surface area contributed by atoms with Crippen LogP contribution in [-0.4, -0.2) is 22.1 Å². The van der Waals surface area contributed by atoms with Crippen molar-refractivity contribution in [2.45, 2.75) is 45.7 Å². The Bertz CT molecular complexity index is 1250. The van der Waals surface area contributed by atoms with Crippen molar-refractivity contribution in [1.29, 1.82) is 0 Å². The van der Waals surface area contributed by atoms with Crippen LogP contribution in [0, 0.1) is 0 Å². The van der Waals surface area contributed by atoms with Crippen LogP contribution in [0.5, 0.6) is 5.75 Å². The van der Waals surface area contributed by atoms with E-state index in [9.17, 15) is 4.79 Å². The molecule has 5 nitrogen and oxygen atoms in total. The molecule has 0 bridgehead atoms. The molecule has 1 heterocycles. The van der Waals surface area contributed by atoms with Crippen LogP contribution in [0.4, 0.5) is 0 Å². The molecule has 0 saturated heterocycles. The van der Waals surface area contributed by atoms with Crippen molar-refractivity contribution >= 4 is 28.5 Å². The first-order valence-electron chi connectivity index (χ1n) is 11.6. The first-order valence-corrected chi connectivity index (χ1v) is 12.0. The van der Waals surface area contributed by atoms with Gasteiger partial charge in [-0.05, 0) is 60.4 Å². The van der Waals surface area contributed by atoms with Gasteiger partial charge in [-0.2, -0.15) is 0 Å². The van der Waals surface area contributed by atoms with Crippen molar-refractivity contribution in [1.82, 2.24) is 14.9 Å². The normalized spacial score (nSPS) is 12.1. The van der Waals surface area contributed by atoms with E-state index in [2.05, 4.69) is 35.9 Å². The van der Waals surface area contributed by atoms with E-state index in [0.717, 1.165) is 28.2 Å². The molecule has 0 aliphatic rings. The summed E-state index contributed by atoms with van der Waals surface area (Å²) in [6.45, 7) is 7.44. The van der Waals surface area contributed by atoms with Crippen molar-refractivity contribution in [3.8, 4) is 5.75 Å². The lowest BCUT2D eigenvalue weighted by Crippen LogP contribution is -2.30. The lowest BCUT2D eigenvalue weighted by molar-refractivity contribution is -0.121. The van der Waals surface area contributed by atoms with Crippen LogP contribution < -0.4 is 10.1 Å². The average Bonchev–Trinajstić information content (AvgIpc) is 3.20. The third-order valence-corrected chi connectivity index (χ3v) is 6.11. The van der Waals surface area contributed by atoms with Gasteiger partial charge in [0.2, 0.25) is 5.91 Å². The summed E-state index contributed by atoms with van der Waals surface area (Å²) in [6, 6.07) is 23.3. The van der Waals surface area contributed by atoms with Gasteiger partial charge in [-0.1, -0.05) is 61.8 Å². The van der Waals surface area contributed by atoms with Crippen molar-refractivity contribution in [2.75, 3.05) is 6.61 Å². The fourth-order valence-electron chi connectivity index (χ4n) is 4.01. The highest BCUT2D eigenvalue weighted by molar-refractivity contribution is 6.30. The minimum atomic E-state index is -0.252. The van der Waals surface area contributed by atoms with Gasteiger partial charge in [-0.25, -0.2) is 4.98 Å². The van der Waals surface area contributed by atoms with Crippen molar-refractivity contribution in [3.63, 3.8) is 0 Å². The number of benzene rings is 3. The summed E-state index contributed by atoms with van der Waals surface area (Å²) >= 11 is 5.95. The second kappa shape index (κ2) is 10.7. The Morgan fingerprint density at radius 2 is 1.71 bits per heavy atom. The van der Waals surface area contributed by atoms with Gasteiger partial charge in [0.15, 0.2) is 0 Å². The number of carbonyl (C=O) groups excluding carboxylic acids is 1. The predicted octanol–water partition coefficient (Wildman–Crippen LogP) is 6.31. The van der Waals surface area contributed by atoms with Crippen LogP contribution in [0.15, 0.2) is 72.8 Å². The molecule has 0 aliphatic heterocycles. The number of imidazole rings is 1. The Kier molecular flexibility index (Phi) is 7.53. The van der Waals surface area contributed by atoms with Crippen LogP contribution in [0.1, 0.15) is 49.7 Å². The van der Waals surface area contributed by atoms with Crippen LogP contribution >= 0.6 is 11.6 Å². The number of aromatic nitrogens is 2. The monoisotopic (exact) mass is 475 g/mol. The Morgan fingerprint density at radius 3 is 2.41 bits per heavy atom. The van der Waals surface area contributed by atoms with Crippen molar-refractivity contribution < 1.29 is 9.53 Å². The molecule has 0 aliphatic carbocycles. The van der Waals surface area contributed by atoms with E-state index in [1.165, 1.54) is 5.56 Å². The number of carbonyl (C=O) groups is 1. The van der Waals surface area contributed by atoms with Crippen molar-refractivity contribution in [2.24, 2.45) is 0 Å². The third kappa shape index (κ3) is 5.78. The highest BCUT2D eigenvalue weighted by atomic mass is 35.5. The predicted molar refractivity (Wildman–Crippen MR) is 137 cm³/mol. The van der Waals surface area contributed by atoms with Gasteiger partial charge in [0.25, 0.3) is 0 Å². The third-order valence-electron chi connectivity index (χ3n) is 5.86. The van der Waals surface area contributed by atoms with E-state index >= 15 is 0 Å². The van der Waals surface area contributed by atoms with E-state index in [4.69, 9.17) is 21.3 Å². The number of nitrogens with one attached hydrogen (secondary N) is 1. The van der Waals surface area contributed by atoms with Gasteiger partial charge in [0.1, 0.15) is 18.2 Å². The lowest BCUT2D eigenvalue weighted by Gasteiger charge is -2.17. The van der Waals surface area contributed by atoms with Crippen LogP contribution in [0.3, 0.4) is 0 Å². The summed E-state index contributed by atoms with van der Waals surface area (Å²) in [5.74, 6) is 2.09. The van der Waals surface area contributed by atoms with Crippen LogP contribution in [0.2, 0.25) is 5.02 Å². The minimum Gasteiger partial charge on any atom is -0.492 e. The van der Waals surface area contributed by atoms with Crippen LogP contribution in [-0.2, 0) is 17.8 Å². The maximum Gasteiger partial charge on any atom is 0.224 e. The topological polar surface area (TPSA) is 56.1 Å². The molecule has 1 unspecified atom stereocenters. The molecule has 1 amide bonds. The second-order valence-electron chi connectivity index (χ2n) is 8.77. The summed E-state index contributed by atoms with van der Waals surface area (Å²) in [4.78, 5) is 17.5. The number of para-hydroxylation sites is 2. The maximum atomic E-state index is 12.7. The smallest absolute Gasteiger partial charge is 0.224 e. The molecule has 34 heavy (non-hydrogen) atoms. The van der Waals surface area contributed by atoms with Gasteiger partial charge in [-0.15, -0.1) is 0 Å². The summed E-state index contributed by atoms with van der Waals surface area (Å²) in [6.07, 6.45) is 0.289. The van der Waals surface area contributed by atoms with Gasteiger partial charge >= 0.3 is 0 Å². The van der Waals surface area contributed by atoms with Crippen LogP contribution in [0.25, 0.3) is 11.0 Å². The number of hydrogen-bond donors (Lipinski definition) is 1. The average molecular weight is 476 g/mol. The maximum absolute atomic E-state index is 12.7. The van der Waals surface area contributed by atoms with E-state index in [1.807, 2.05) is 55.5 Å². The summed E-state index contributed by atoms with van der Waals surface area (Å²) in [5, 5.41) is 3.75. The molecule has 0 saturated carbocycles.